The maximum atomic E-state index is 12.8. The third-order valence-electron chi connectivity index (χ3n) is 7.62. The normalized spacial score (nSPS) is 26.3. The third-order valence-corrected chi connectivity index (χ3v) is 9.00. The molecule has 0 saturated heterocycles. The Morgan fingerprint density at radius 2 is 1.61 bits per heavy atom. The first-order valence-corrected chi connectivity index (χ1v) is 13.6. The number of nitrogens with one attached hydrogen (secondary N) is 2. The van der Waals surface area contributed by atoms with Crippen molar-refractivity contribution in [2.45, 2.75) is 49.0 Å². The Bertz CT molecular complexity index is 1240. The lowest BCUT2D eigenvalue weighted by atomic mass is 9.53. The average Bonchev–Trinajstić information content (AvgIpc) is 2.82. The van der Waals surface area contributed by atoms with Gasteiger partial charge in [-0.1, -0.05) is 0 Å². The van der Waals surface area contributed by atoms with Crippen LogP contribution in [-0.2, 0) is 19.6 Å². The number of hydrogen-bond donors (Lipinski definition) is 3. The lowest BCUT2D eigenvalue weighted by Gasteiger charge is -2.56. The summed E-state index contributed by atoms with van der Waals surface area (Å²) in [6.07, 6.45) is 6.66. The first kappa shape index (κ1) is 24.4. The van der Waals surface area contributed by atoms with Gasteiger partial charge in [0.25, 0.3) is 15.9 Å². The summed E-state index contributed by atoms with van der Waals surface area (Å²) in [7, 11) is -2.55. The summed E-state index contributed by atoms with van der Waals surface area (Å²) < 4.78 is 38.3. The number of phenols is 1. The molecule has 36 heavy (non-hydrogen) atoms. The monoisotopic (exact) mass is 514 g/mol. The molecule has 0 aliphatic heterocycles. The second-order valence-corrected chi connectivity index (χ2v) is 12.0. The summed E-state index contributed by atoms with van der Waals surface area (Å²) in [6, 6.07) is 9.59. The van der Waals surface area contributed by atoms with E-state index in [-0.39, 0.29) is 21.9 Å². The molecule has 4 bridgehead atoms. The molecule has 9 nitrogen and oxygen atoms in total. The van der Waals surface area contributed by atoms with Gasteiger partial charge in [0.2, 0.25) is 0 Å². The highest BCUT2D eigenvalue weighted by molar-refractivity contribution is 7.92. The van der Waals surface area contributed by atoms with Gasteiger partial charge in [0.15, 0.2) is 6.61 Å². The van der Waals surface area contributed by atoms with Gasteiger partial charge in [-0.3, -0.25) is 9.52 Å². The number of hydrogen-bond acceptors (Lipinski definition) is 7. The number of sulfonamides is 1. The number of benzene rings is 2. The third kappa shape index (κ3) is 5.00. The van der Waals surface area contributed by atoms with Gasteiger partial charge in [-0.05, 0) is 98.7 Å². The van der Waals surface area contributed by atoms with Gasteiger partial charge in [0, 0.05) is 11.2 Å². The number of anilines is 1. The number of esters is 1. The molecule has 2 aromatic rings. The smallest absolute Gasteiger partial charge is 0.342 e. The van der Waals surface area contributed by atoms with E-state index in [0.29, 0.717) is 29.2 Å². The minimum absolute atomic E-state index is 0.207. The first-order valence-electron chi connectivity index (χ1n) is 12.1. The van der Waals surface area contributed by atoms with E-state index < -0.39 is 28.3 Å². The van der Waals surface area contributed by atoms with Crippen molar-refractivity contribution in [2.24, 2.45) is 17.8 Å². The number of carbonyl (C=O) groups excluding carboxylic acids is 2. The Balaban J connectivity index is 1.22. The molecule has 4 saturated carbocycles. The van der Waals surface area contributed by atoms with Crippen molar-refractivity contribution in [1.29, 1.82) is 0 Å². The van der Waals surface area contributed by atoms with Gasteiger partial charge in [0.1, 0.15) is 17.1 Å². The zero-order valence-corrected chi connectivity index (χ0v) is 20.8. The van der Waals surface area contributed by atoms with Crippen LogP contribution in [0.15, 0.2) is 47.4 Å². The van der Waals surface area contributed by atoms with Crippen LogP contribution in [-0.4, -0.2) is 44.7 Å². The summed E-state index contributed by atoms with van der Waals surface area (Å²) in [5.74, 6) is 0.751. The van der Waals surface area contributed by atoms with Crippen molar-refractivity contribution < 1.29 is 32.6 Å². The molecule has 4 aliphatic rings. The molecular formula is C26H30N2O7S. The summed E-state index contributed by atoms with van der Waals surface area (Å²) in [5, 5.41) is 13.3. The number of phenolic OH excluding ortho intramolecular Hbond substituents is 1. The maximum Gasteiger partial charge on any atom is 0.342 e. The molecule has 3 N–H and O–H groups in total. The van der Waals surface area contributed by atoms with Crippen LogP contribution in [0.4, 0.5) is 5.69 Å². The SMILES string of the molecule is COc1ccc(NS(=O)(=O)c2ccc(O)c(C(=O)OCC(=O)NC34CC5CC(CC(C5)C3)C4)c2)cc1. The Kier molecular flexibility index (Phi) is 6.32. The Morgan fingerprint density at radius 1 is 1.00 bits per heavy atom. The van der Waals surface area contributed by atoms with Crippen LogP contribution >= 0.6 is 0 Å². The van der Waals surface area contributed by atoms with E-state index >= 15 is 0 Å². The second kappa shape index (κ2) is 9.31. The second-order valence-electron chi connectivity index (χ2n) is 10.3. The van der Waals surface area contributed by atoms with E-state index in [1.165, 1.54) is 44.6 Å². The van der Waals surface area contributed by atoms with Crippen LogP contribution in [0.1, 0.15) is 48.9 Å². The zero-order chi connectivity index (χ0) is 25.5. The molecule has 192 valence electrons. The fraction of sp³-hybridized carbons (Fsp3) is 0.462. The van der Waals surface area contributed by atoms with Crippen molar-refractivity contribution in [3.63, 3.8) is 0 Å². The van der Waals surface area contributed by atoms with Gasteiger partial charge in [-0.2, -0.15) is 0 Å². The summed E-state index contributed by atoms with van der Waals surface area (Å²) in [4.78, 5) is 25.1. The van der Waals surface area contributed by atoms with E-state index in [9.17, 15) is 23.1 Å². The molecule has 0 radical (unpaired) electrons. The molecule has 0 atom stereocenters. The Morgan fingerprint density at radius 3 is 2.19 bits per heavy atom. The highest BCUT2D eigenvalue weighted by Crippen LogP contribution is 2.55. The number of rotatable bonds is 8. The Hall–Kier alpha value is -3.27. The predicted molar refractivity (Wildman–Crippen MR) is 131 cm³/mol. The standard InChI is InChI=1S/C26H30N2O7S/c1-34-20-4-2-19(3-5-20)28-36(32,33)21-6-7-23(29)22(11-21)25(31)35-15-24(30)27-26-12-16-8-17(13-26)10-18(9-16)14-26/h2-7,11,16-18,28-29H,8-10,12-15H2,1H3,(H,27,30). The minimum Gasteiger partial charge on any atom is -0.507 e. The van der Waals surface area contributed by atoms with Crippen molar-refractivity contribution in [3.05, 3.63) is 48.0 Å². The van der Waals surface area contributed by atoms with Crippen LogP contribution in [0.2, 0.25) is 0 Å². The first-order chi connectivity index (χ1) is 17.1. The van der Waals surface area contributed by atoms with Crippen molar-refractivity contribution in [2.75, 3.05) is 18.4 Å². The van der Waals surface area contributed by atoms with Gasteiger partial charge in [-0.25, -0.2) is 13.2 Å². The lowest BCUT2D eigenvalue weighted by molar-refractivity contribution is -0.130. The molecular weight excluding hydrogens is 484 g/mol. The van der Waals surface area contributed by atoms with Crippen molar-refractivity contribution in [3.8, 4) is 11.5 Å². The maximum absolute atomic E-state index is 12.8. The van der Waals surface area contributed by atoms with Gasteiger partial charge in [-0.15, -0.1) is 0 Å². The molecule has 0 aromatic heterocycles. The number of aromatic hydroxyl groups is 1. The molecule has 0 unspecified atom stereocenters. The van der Waals surface area contributed by atoms with Crippen molar-refractivity contribution >= 4 is 27.6 Å². The van der Waals surface area contributed by atoms with Crippen LogP contribution < -0.4 is 14.8 Å². The largest absolute Gasteiger partial charge is 0.507 e. The average molecular weight is 515 g/mol. The fourth-order valence-electron chi connectivity index (χ4n) is 6.52. The van der Waals surface area contributed by atoms with E-state index in [0.717, 1.165) is 31.4 Å². The van der Waals surface area contributed by atoms with Gasteiger partial charge in [0.05, 0.1) is 12.0 Å². The topological polar surface area (TPSA) is 131 Å². The van der Waals surface area contributed by atoms with E-state index in [1.54, 1.807) is 12.1 Å². The number of methoxy groups -OCH3 is 1. The number of carbonyl (C=O) groups is 2. The minimum atomic E-state index is -4.06. The van der Waals surface area contributed by atoms with Crippen LogP contribution in [0.25, 0.3) is 0 Å². The fourth-order valence-corrected chi connectivity index (χ4v) is 7.61. The summed E-state index contributed by atoms with van der Waals surface area (Å²) in [6.45, 7) is -0.499. The van der Waals surface area contributed by atoms with Crippen LogP contribution in [0.3, 0.4) is 0 Å². The molecule has 4 aliphatic carbocycles. The molecule has 10 heteroatoms. The van der Waals surface area contributed by atoms with Gasteiger partial charge < -0.3 is 19.9 Å². The van der Waals surface area contributed by atoms with Crippen LogP contribution in [0.5, 0.6) is 11.5 Å². The quantitative estimate of drug-likeness (QED) is 0.460. The molecule has 0 heterocycles. The highest BCUT2D eigenvalue weighted by Gasteiger charge is 2.51. The van der Waals surface area contributed by atoms with E-state index in [1.807, 2.05) is 0 Å². The highest BCUT2D eigenvalue weighted by atomic mass is 32.2. The van der Waals surface area contributed by atoms with Crippen molar-refractivity contribution in [1.82, 2.24) is 5.32 Å². The molecule has 6 rings (SSSR count). The zero-order valence-electron chi connectivity index (χ0n) is 20.0. The summed E-state index contributed by atoms with van der Waals surface area (Å²) >= 11 is 0. The number of amides is 1. The predicted octanol–water partition coefficient (Wildman–Crippen LogP) is 3.44. The molecule has 2 aromatic carbocycles. The molecule has 4 fully saturated rings. The van der Waals surface area contributed by atoms with E-state index in [4.69, 9.17) is 9.47 Å². The van der Waals surface area contributed by atoms with Crippen LogP contribution in [0, 0.1) is 17.8 Å². The Labute approximate surface area is 210 Å². The molecule has 0 spiro atoms. The summed E-state index contributed by atoms with van der Waals surface area (Å²) in [5.41, 5.74) is -0.244. The van der Waals surface area contributed by atoms with Gasteiger partial charge >= 0.3 is 5.97 Å². The van der Waals surface area contributed by atoms with E-state index in [2.05, 4.69) is 10.0 Å². The molecule has 1 amide bonds. The number of ether oxygens (including phenoxy) is 2. The lowest BCUT2D eigenvalue weighted by Crippen LogP contribution is -2.60.